The fourth-order valence-electron chi connectivity index (χ4n) is 1.54. The van der Waals surface area contributed by atoms with Crippen molar-refractivity contribution in [1.82, 2.24) is 0 Å². The molecule has 0 aliphatic carbocycles. The molecule has 0 saturated heterocycles. The summed E-state index contributed by atoms with van der Waals surface area (Å²) in [6.45, 7) is 0. The van der Waals surface area contributed by atoms with E-state index in [4.69, 9.17) is 5.26 Å². The highest BCUT2D eigenvalue weighted by Gasteiger charge is 2.15. The van der Waals surface area contributed by atoms with Gasteiger partial charge in [-0.25, -0.2) is 0 Å². The molecule has 0 radical (unpaired) electrons. The monoisotopic (exact) mass is 287 g/mol. The fourth-order valence-corrected chi connectivity index (χ4v) is 2.25. The Kier molecular flexibility index (Phi) is 4.08. The maximum atomic E-state index is 11.9. The number of hydrogen-bond donors (Lipinski definition) is 1. The molecular formula is C13H9N3O3S. The molecule has 6 nitrogen and oxygen atoms in total. The first-order valence-corrected chi connectivity index (χ1v) is 6.43. The van der Waals surface area contributed by atoms with E-state index < -0.39 is 10.8 Å². The van der Waals surface area contributed by atoms with Crippen LogP contribution in [0.4, 0.5) is 10.7 Å². The molecule has 1 heterocycles. The van der Waals surface area contributed by atoms with E-state index in [0.717, 1.165) is 16.9 Å². The Morgan fingerprint density at radius 3 is 2.55 bits per heavy atom. The van der Waals surface area contributed by atoms with Crippen molar-refractivity contribution in [2.75, 3.05) is 5.32 Å². The maximum absolute atomic E-state index is 11.9. The number of amides is 1. The highest BCUT2D eigenvalue weighted by atomic mass is 32.1. The molecule has 0 bridgehead atoms. The molecule has 1 aromatic carbocycles. The first-order chi connectivity index (χ1) is 9.60. The second-order valence-corrected chi connectivity index (χ2v) is 4.94. The maximum Gasteiger partial charge on any atom is 0.324 e. The van der Waals surface area contributed by atoms with Crippen LogP contribution in [0.25, 0.3) is 0 Å². The Morgan fingerprint density at radius 1 is 1.30 bits per heavy atom. The third kappa shape index (κ3) is 3.18. The molecule has 1 amide bonds. The molecule has 0 saturated carbocycles. The molecule has 0 aliphatic heterocycles. The lowest BCUT2D eigenvalue weighted by Gasteiger charge is -2.03. The SMILES string of the molecule is N#CCc1ccc(NC(=O)c2ccc([N+](=O)[O-])s2)cc1. The molecular weight excluding hydrogens is 278 g/mol. The van der Waals surface area contributed by atoms with E-state index in [0.29, 0.717) is 12.1 Å². The minimum Gasteiger partial charge on any atom is -0.321 e. The van der Waals surface area contributed by atoms with Crippen molar-refractivity contribution >= 4 is 27.9 Å². The molecule has 100 valence electrons. The second kappa shape index (κ2) is 5.95. The van der Waals surface area contributed by atoms with E-state index >= 15 is 0 Å². The molecule has 0 unspecified atom stereocenters. The average Bonchev–Trinajstić information content (AvgIpc) is 2.91. The van der Waals surface area contributed by atoms with Crippen LogP contribution in [0.3, 0.4) is 0 Å². The lowest BCUT2D eigenvalue weighted by atomic mass is 10.1. The van der Waals surface area contributed by atoms with Crippen LogP contribution in [-0.4, -0.2) is 10.8 Å². The van der Waals surface area contributed by atoms with Crippen molar-refractivity contribution in [3.63, 3.8) is 0 Å². The lowest BCUT2D eigenvalue weighted by molar-refractivity contribution is -0.380. The Bertz CT molecular complexity index is 686. The van der Waals surface area contributed by atoms with E-state index in [1.54, 1.807) is 24.3 Å². The van der Waals surface area contributed by atoms with Gasteiger partial charge in [-0.15, -0.1) is 0 Å². The number of carbonyl (C=O) groups excluding carboxylic acids is 1. The third-order valence-electron chi connectivity index (χ3n) is 2.49. The number of nitrogens with zero attached hydrogens (tertiary/aromatic N) is 2. The molecule has 0 atom stereocenters. The van der Waals surface area contributed by atoms with Crippen molar-refractivity contribution in [3.8, 4) is 6.07 Å². The summed E-state index contributed by atoms with van der Waals surface area (Å²) in [5.74, 6) is -0.392. The fraction of sp³-hybridized carbons (Fsp3) is 0.0769. The molecule has 1 aromatic heterocycles. The summed E-state index contributed by atoms with van der Waals surface area (Å²) >= 11 is 0.825. The third-order valence-corrected chi connectivity index (χ3v) is 3.53. The van der Waals surface area contributed by atoms with Crippen LogP contribution in [0, 0.1) is 21.4 Å². The zero-order chi connectivity index (χ0) is 14.5. The van der Waals surface area contributed by atoms with Crippen LogP contribution in [0.5, 0.6) is 0 Å². The lowest BCUT2D eigenvalue weighted by Crippen LogP contribution is -2.09. The zero-order valence-corrected chi connectivity index (χ0v) is 11.0. The first-order valence-electron chi connectivity index (χ1n) is 5.61. The average molecular weight is 287 g/mol. The van der Waals surface area contributed by atoms with Gasteiger partial charge in [-0.3, -0.25) is 14.9 Å². The van der Waals surface area contributed by atoms with Gasteiger partial charge < -0.3 is 5.32 Å². The molecule has 0 aliphatic rings. The topological polar surface area (TPSA) is 96.0 Å². The van der Waals surface area contributed by atoms with Gasteiger partial charge >= 0.3 is 5.00 Å². The van der Waals surface area contributed by atoms with Crippen LogP contribution in [-0.2, 0) is 6.42 Å². The number of rotatable bonds is 4. The second-order valence-electron chi connectivity index (χ2n) is 3.88. The van der Waals surface area contributed by atoms with Gasteiger partial charge in [-0.2, -0.15) is 5.26 Å². The molecule has 7 heteroatoms. The molecule has 0 spiro atoms. The highest BCUT2D eigenvalue weighted by Crippen LogP contribution is 2.24. The van der Waals surface area contributed by atoms with Gasteiger partial charge in [0.1, 0.15) is 0 Å². The number of nitriles is 1. The van der Waals surface area contributed by atoms with Crippen molar-refractivity contribution in [3.05, 3.63) is 57.0 Å². The number of thiophene rings is 1. The van der Waals surface area contributed by atoms with Crippen molar-refractivity contribution in [2.24, 2.45) is 0 Å². The Morgan fingerprint density at radius 2 is 2.00 bits per heavy atom. The van der Waals surface area contributed by atoms with E-state index in [1.807, 2.05) is 6.07 Å². The number of benzene rings is 1. The summed E-state index contributed by atoms with van der Waals surface area (Å²) in [6, 6.07) is 11.6. The number of nitro groups is 1. The number of carbonyl (C=O) groups is 1. The summed E-state index contributed by atoms with van der Waals surface area (Å²) in [7, 11) is 0. The van der Waals surface area contributed by atoms with E-state index in [-0.39, 0.29) is 9.88 Å². The molecule has 2 rings (SSSR count). The summed E-state index contributed by atoms with van der Waals surface area (Å²) < 4.78 is 0. The predicted molar refractivity (Wildman–Crippen MR) is 74.7 cm³/mol. The first kappa shape index (κ1) is 13.7. The molecule has 2 aromatic rings. The van der Waals surface area contributed by atoms with Gasteiger partial charge in [0.25, 0.3) is 5.91 Å². The quantitative estimate of drug-likeness (QED) is 0.690. The number of hydrogen-bond acceptors (Lipinski definition) is 5. The Balaban J connectivity index is 2.07. The Labute approximate surface area is 118 Å². The number of anilines is 1. The smallest absolute Gasteiger partial charge is 0.321 e. The van der Waals surface area contributed by atoms with Gasteiger partial charge in [0.05, 0.1) is 22.3 Å². The molecule has 20 heavy (non-hydrogen) atoms. The van der Waals surface area contributed by atoms with Gasteiger partial charge in [-0.1, -0.05) is 23.5 Å². The van der Waals surface area contributed by atoms with E-state index in [1.165, 1.54) is 12.1 Å². The Hall–Kier alpha value is -2.72. The summed E-state index contributed by atoms with van der Waals surface area (Å²) in [4.78, 5) is 22.2. The van der Waals surface area contributed by atoms with E-state index in [2.05, 4.69) is 5.32 Å². The van der Waals surface area contributed by atoms with Crippen LogP contribution in [0.15, 0.2) is 36.4 Å². The zero-order valence-electron chi connectivity index (χ0n) is 10.2. The van der Waals surface area contributed by atoms with Gasteiger partial charge in [0, 0.05) is 11.8 Å². The minimum absolute atomic E-state index is 0.0699. The normalized spacial score (nSPS) is 9.75. The largest absolute Gasteiger partial charge is 0.324 e. The van der Waals surface area contributed by atoms with Crippen LogP contribution in [0.1, 0.15) is 15.2 Å². The van der Waals surface area contributed by atoms with Gasteiger partial charge in [-0.05, 0) is 23.8 Å². The van der Waals surface area contributed by atoms with Crippen molar-refractivity contribution in [1.29, 1.82) is 5.26 Å². The van der Waals surface area contributed by atoms with Gasteiger partial charge in [0.15, 0.2) is 0 Å². The van der Waals surface area contributed by atoms with E-state index in [9.17, 15) is 14.9 Å². The number of nitrogens with one attached hydrogen (secondary N) is 1. The highest BCUT2D eigenvalue weighted by molar-refractivity contribution is 7.17. The van der Waals surface area contributed by atoms with Crippen LogP contribution >= 0.6 is 11.3 Å². The van der Waals surface area contributed by atoms with Crippen LogP contribution in [0.2, 0.25) is 0 Å². The minimum atomic E-state index is -0.530. The van der Waals surface area contributed by atoms with Gasteiger partial charge in [0.2, 0.25) is 0 Å². The summed E-state index contributed by atoms with van der Waals surface area (Å²) in [6.07, 6.45) is 0.311. The van der Waals surface area contributed by atoms with Crippen LogP contribution < -0.4 is 5.32 Å². The van der Waals surface area contributed by atoms with Crippen molar-refractivity contribution in [2.45, 2.75) is 6.42 Å². The summed E-state index contributed by atoms with van der Waals surface area (Å²) in [5.41, 5.74) is 1.44. The molecule has 1 N–H and O–H groups in total. The summed E-state index contributed by atoms with van der Waals surface area (Å²) in [5, 5.41) is 21.7. The molecule has 0 fully saturated rings. The predicted octanol–water partition coefficient (Wildman–Crippen LogP) is 2.97. The standard InChI is InChI=1S/C13H9N3O3S/c14-8-7-9-1-3-10(4-2-9)15-13(17)11-5-6-12(20-11)16(18)19/h1-6H,7H2,(H,15,17). The van der Waals surface area contributed by atoms with Crippen molar-refractivity contribution < 1.29 is 9.72 Å².